The highest BCUT2D eigenvalue weighted by atomic mass is 32.1. The maximum absolute atomic E-state index is 12.6. The zero-order valence-corrected chi connectivity index (χ0v) is 15.4. The van der Waals surface area contributed by atoms with E-state index in [1.54, 1.807) is 23.5 Å². The van der Waals surface area contributed by atoms with Crippen LogP contribution in [0.4, 0.5) is 11.4 Å². The number of carbonyl (C=O) groups excluding carboxylic acids is 2. The summed E-state index contributed by atoms with van der Waals surface area (Å²) < 4.78 is 0. The van der Waals surface area contributed by atoms with Crippen molar-refractivity contribution in [3.05, 3.63) is 45.6 Å². The first-order chi connectivity index (χ1) is 12.0. The zero-order chi connectivity index (χ0) is 17.8. The van der Waals surface area contributed by atoms with Crippen molar-refractivity contribution in [3.8, 4) is 0 Å². The molecule has 0 atom stereocenters. The SMILES string of the molecule is CN(C)CC(=O)Nc1ccc(NC(=O)c2csc3c2CCCC3)cc1. The van der Waals surface area contributed by atoms with E-state index in [4.69, 9.17) is 0 Å². The van der Waals surface area contributed by atoms with Crippen LogP contribution < -0.4 is 10.6 Å². The van der Waals surface area contributed by atoms with Gasteiger partial charge in [-0.05, 0) is 69.6 Å². The van der Waals surface area contributed by atoms with Gasteiger partial charge in [0.1, 0.15) is 0 Å². The monoisotopic (exact) mass is 357 g/mol. The fourth-order valence-corrected chi connectivity index (χ4v) is 4.13. The summed E-state index contributed by atoms with van der Waals surface area (Å²) in [4.78, 5) is 27.5. The Labute approximate surface area is 152 Å². The summed E-state index contributed by atoms with van der Waals surface area (Å²) in [5, 5.41) is 7.76. The number of benzene rings is 1. The van der Waals surface area contributed by atoms with Crippen molar-refractivity contribution < 1.29 is 9.59 Å². The molecule has 2 amide bonds. The molecule has 2 N–H and O–H groups in total. The number of nitrogens with one attached hydrogen (secondary N) is 2. The van der Waals surface area contributed by atoms with Crippen molar-refractivity contribution in [2.45, 2.75) is 25.7 Å². The molecule has 1 heterocycles. The maximum atomic E-state index is 12.6. The second-order valence-electron chi connectivity index (χ2n) is 6.58. The highest BCUT2D eigenvalue weighted by Crippen LogP contribution is 2.30. The van der Waals surface area contributed by atoms with Crippen molar-refractivity contribution in [2.24, 2.45) is 0 Å². The molecule has 1 aromatic carbocycles. The Bertz CT molecular complexity index is 765. The Morgan fingerprint density at radius 3 is 2.36 bits per heavy atom. The van der Waals surface area contributed by atoms with Gasteiger partial charge in [0.05, 0.1) is 12.1 Å². The lowest BCUT2D eigenvalue weighted by molar-refractivity contribution is -0.116. The Kier molecular flexibility index (Phi) is 5.50. The smallest absolute Gasteiger partial charge is 0.256 e. The maximum Gasteiger partial charge on any atom is 0.256 e. The third-order valence-electron chi connectivity index (χ3n) is 4.19. The van der Waals surface area contributed by atoms with Gasteiger partial charge in [-0.1, -0.05) is 0 Å². The highest BCUT2D eigenvalue weighted by Gasteiger charge is 2.20. The molecule has 0 unspecified atom stereocenters. The predicted molar refractivity (Wildman–Crippen MR) is 103 cm³/mol. The van der Waals surface area contributed by atoms with Crippen LogP contribution in [-0.2, 0) is 17.6 Å². The summed E-state index contributed by atoms with van der Waals surface area (Å²) in [6.45, 7) is 0.335. The molecule has 3 rings (SSSR count). The van der Waals surface area contributed by atoms with E-state index in [-0.39, 0.29) is 11.8 Å². The second-order valence-corrected chi connectivity index (χ2v) is 7.54. The minimum atomic E-state index is -0.0633. The number of hydrogen-bond donors (Lipinski definition) is 2. The molecule has 0 saturated carbocycles. The molecule has 0 saturated heterocycles. The molecule has 0 aliphatic heterocycles. The average molecular weight is 357 g/mol. The van der Waals surface area contributed by atoms with Gasteiger partial charge < -0.3 is 15.5 Å². The van der Waals surface area contributed by atoms with Gasteiger partial charge >= 0.3 is 0 Å². The molecule has 1 aliphatic rings. The van der Waals surface area contributed by atoms with E-state index in [9.17, 15) is 9.59 Å². The average Bonchev–Trinajstić information content (AvgIpc) is 3.00. The van der Waals surface area contributed by atoms with E-state index >= 15 is 0 Å². The van der Waals surface area contributed by atoms with Gasteiger partial charge in [0.15, 0.2) is 0 Å². The van der Waals surface area contributed by atoms with Gasteiger partial charge in [-0.15, -0.1) is 11.3 Å². The van der Waals surface area contributed by atoms with Crippen molar-refractivity contribution in [3.63, 3.8) is 0 Å². The molecule has 132 valence electrons. The van der Waals surface area contributed by atoms with E-state index in [0.717, 1.165) is 36.2 Å². The minimum Gasteiger partial charge on any atom is -0.325 e. The van der Waals surface area contributed by atoms with Gasteiger partial charge in [0, 0.05) is 21.6 Å². The standard InChI is InChI=1S/C19H23N3O2S/c1-22(2)11-18(23)20-13-7-9-14(10-8-13)21-19(24)16-12-25-17-6-4-3-5-15(16)17/h7-10,12H,3-6,11H2,1-2H3,(H,20,23)(H,21,24). The van der Waals surface area contributed by atoms with Crippen molar-refractivity contribution >= 4 is 34.5 Å². The Balaban J connectivity index is 1.62. The minimum absolute atomic E-state index is 0.0520. The highest BCUT2D eigenvalue weighted by molar-refractivity contribution is 7.10. The van der Waals surface area contributed by atoms with E-state index < -0.39 is 0 Å². The topological polar surface area (TPSA) is 61.4 Å². The molecule has 0 spiro atoms. The lowest BCUT2D eigenvalue weighted by atomic mass is 9.95. The van der Waals surface area contributed by atoms with E-state index in [1.807, 2.05) is 36.5 Å². The summed E-state index contributed by atoms with van der Waals surface area (Å²) in [5.74, 6) is -0.115. The number of hydrogen-bond acceptors (Lipinski definition) is 4. The van der Waals surface area contributed by atoms with E-state index in [2.05, 4.69) is 10.6 Å². The summed E-state index contributed by atoms with van der Waals surface area (Å²) in [7, 11) is 3.70. The Morgan fingerprint density at radius 2 is 1.68 bits per heavy atom. The molecule has 1 aromatic heterocycles. The van der Waals surface area contributed by atoms with Crippen LogP contribution in [0.15, 0.2) is 29.6 Å². The second kappa shape index (κ2) is 7.80. The zero-order valence-electron chi connectivity index (χ0n) is 14.6. The number of thiophene rings is 1. The normalized spacial score (nSPS) is 13.4. The third kappa shape index (κ3) is 4.46. The van der Waals surface area contributed by atoms with Crippen LogP contribution in [0.3, 0.4) is 0 Å². The van der Waals surface area contributed by atoms with Crippen molar-refractivity contribution in [1.29, 1.82) is 0 Å². The molecule has 0 fully saturated rings. The first kappa shape index (κ1) is 17.6. The van der Waals surface area contributed by atoms with Crippen LogP contribution in [0.1, 0.15) is 33.6 Å². The molecule has 25 heavy (non-hydrogen) atoms. The molecular formula is C19H23N3O2S. The van der Waals surface area contributed by atoms with Gasteiger partial charge in [-0.3, -0.25) is 9.59 Å². The van der Waals surface area contributed by atoms with Crippen molar-refractivity contribution in [1.82, 2.24) is 4.90 Å². The van der Waals surface area contributed by atoms with Crippen LogP contribution in [0.5, 0.6) is 0 Å². The first-order valence-electron chi connectivity index (χ1n) is 8.48. The molecule has 0 bridgehead atoms. The molecular weight excluding hydrogens is 334 g/mol. The predicted octanol–water partition coefficient (Wildman–Crippen LogP) is 3.38. The third-order valence-corrected chi connectivity index (χ3v) is 5.28. The number of nitrogens with zero attached hydrogens (tertiary/aromatic N) is 1. The van der Waals surface area contributed by atoms with Gasteiger partial charge in [-0.2, -0.15) is 0 Å². The van der Waals surface area contributed by atoms with Crippen LogP contribution in [-0.4, -0.2) is 37.4 Å². The fourth-order valence-electron chi connectivity index (χ4n) is 3.01. The quantitative estimate of drug-likeness (QED) is 0.862. The molecule has 6 heteroatoms. The number of likely N-dealkylation sites (N-methyl/N-ethyl adjacent to an activating group) is 1. The van der Waals surface area contributed by atoms with Crippen LogP contribution >= 0.6 is 11.3 Å². The molecule has 0 radical (unpaired) electrons. The molecule has 5 nitrogen and oxygen atoms in total. The largest absolute Gasteiger partial charge is 0.325 e. The Morgan fingerprint density at radius 1 is 1.04 bits per heavy atom. The van der Waals surface area contributed by atoms with E-state index in [1.165, 1.54) is 16.9 Å². The van der Waals surface area contributed by atoms with Gasteiger partial charge in [-0.25, -0.2) is 0 Å². The van der Waals surface area contributed by atoms with Crippen LogP contribution in [0.2, 0.25) is 0 Å². The number of anilines is 2. The summed E-state index contributed by atoms with van der Waals surface area (Å²) >= 11 is 1.69. The number of aryl methyl sites for hydroxylation is 1. The molecule has 1 aliphatic carbocycles. The summed E-state index contributed by atoms with van der Waals surface area (Å²) in [6, 6.07) is 7.21. The van der Waals surface area contributed by atoms with Crippen molar-refractivity contribution in [2.75, 3.05) is 31.3 Å². The lowest BCUT2D eigenvalue weighted by Crippen LogP contribution is -2.27. The van der Waals surface area contributed by atoms with Gasteiger partial charge in [0.2, 0.25) is 5.91 Å². The van der Waals surface area contributed by atoms with Crippen LogP contribution in [0.25, 0.3) is 0 Å². The van der Waals surface area contributed by atoms with Crippen LogP contribution in [0, 0.1) is 0 Å². The summed E-state index contributed by atoms with van der Waals surface area (Å²) in [6.07, 6.45) is 4.47. The number of fused-ring (bicyclic) bond motifs is 1. The van der Waals surface area contributed by atoms with Gasteiger partial charge in [0.25, 0.3) is 5.91 Å². The number of amides is 2. The molecule has 2 aromatic rings. The fraction of sp³-hybridized carbons (Fsp3) is 0.368. The number of rotatable bonds is 5. The lowest BCUT2D eigenvalue weighted by Gasteiger charge is -2.13. The summed E-state index contributed by atoms with van der Waals surface area (Å²) in [5.41, 5.74) is 3.48. The first-order valence-corrected chi connectivity index (χ1v) is 9.36. The number of carbonyl (C=O) groups is 2. The Hall–Kier alpha value is -2.18. The van der Waals surface area contributed by atoms with E-state index in [0.29, 0.717) is 6.54 Å².